The summed E-state index contributed by atoms with van der Waals surface area (Å²) in [6.07, 6.45) is 8.97. The molecule has 4 aliphatic rings. The average Bonchev–Trinajstić information content (AvgIpc) is 3.90. The Bertz CT molecular complexity index is 1680. The van der Waals surface area contributed by atoms with Gasteiger partial charge in [0, 0.05) is 29.8 Å². The standard InChI is InChI=1S/C29H27FN6O3/c1-38-25-20(14-32-27(33-25)39-2)22-13-19(24-31-9-10-36(24)34-22)18-12-17(18)16-3-4-21-23(11-16)35(15-28(30)5-6-28)26(37)29(21)7-8-29/h3-4,9-11,13-14,17-18H,5-8,12,15H2,1-2H3/t17-,18+/m1/s1. The van der Waals surface area contributed by atoms with E-state index in [0.717, 1.165) is 41.7 Å². The molecule has 39 heavy (non-hydrogen) atoms. The van der Waals surface area contributed by atoms with Crippen LogP contribution in [0.2, 0.25) is 0 Å². The molecule has 1 aromatic carbocycles. The van der Waals surface area contributed by atoms with Crippen LogP contribution in [0.4, 0.5) is 10.1 Å². The molecule has 0 N–H and O–H groups in total. The summed E-state index contributed by atoms with van der Waals surface area (Å²) in [5, 5.41) is 4.74. The minimum absolute atomic E-state index is 0.0828. The van der Waals surface area contributed by atoms with Gasteiger partial charge in [-0.15, -0.1) is 0 Å². The number of methoxy groups -OCH3 is 2. The number of imidazole rings is 1. The molecule has 198 valence electrons. The summed E-state index contributed by atoms with van der Waals surface area (Å²) in [5.74, 6) is 0.967. The predicted molar refractivity (Wildman–Crippen MR) is 140 cm³/mol. The highest BCUT2D eigenvalue weighted by molar-refractivity contribution is 6.10. The van der Waals surface area contributed by atoms with Crippen molar-refractivity contribution < 1.29 is 18.7 Å². The van der Waals surface area contributed by atoms with Gasteiger partial charge in [-0.25, -0.2) is 18.9 Å². The highest BCUT2D eigenvalue weighted by Crippen LogP contribution is 2.61. The van der Waals surface area contributed by atoms with Crippen molar-refractivity contribution in [2.45, 2.75) is 55.0 Å². The third-order valence-electron chi connectivity index (χ3n) is 8.86. The summed E-state index contributed by atoms with van der Waals surface area (Å²) in [6, 6.07) is 8.68. The van der Waals surface area contributed by atoms with Crippen molar-refractivity contribution in [2.24, 2.45) is 0 Å². The maximum Gasteiger partial charge on any atom is 0.319 e. The molecule has 0 bridgehead atoms. The van der Waals surface area contributed by atoms with E-state index in [-0.39, 0.29) is 30.3 Å². The summed E-state index contributed by atoms with van der Waals surface area (Å²) in [4.78, 5) is 28.2. The number of anilines is 1. The Balaban J connectivity index is 1.15. The lowest BCUT2D eigenvalue weighted by Crippen LogP contribution is -2.37. The molecular weight excluding hydrogens is 499 g/mol. The zero-order valence-electron chi connectivity index (χ0n) is 21.7. The summed E-state index contributed by atoms with van der Waals surface area (Å²) < 4.78 is 27.2. The zero-order chi connectivity index (χ0) is 26.5. The number of carbonyl (C=O) groups excluding carboxylic acids is 1. The van der Waals surface area contributed by atoms with Crippen LogP contribution in [0, 0.1) is 0 Å². The SMILES string of the molecule is COc1ncc(-c2cc([C@H]3C[C@@H]3c3ccc4c(c3)N(CC3(F)CC3)C(=O)C43CC3)c3nccn3n2)c(OC)n1. The Morgan fingerprint density at radius 2 is 1.92 bits per heavy atom. The number of amides is 1. The van der Waals surface area contributed by atoms with E-state index in [0.29, 0.717) is 30.0 Å². The van der Waals surface area contributed by atoms with E-state index in [1.165, 1.54) is 12.7 Å². The Hall–Kier alpha value is -4.08. The monoisotopic (exact) mass is 526 g/mol. The topological polar surface area (TPSA) is 94.7 Å². The minimum atomic E-state index is -1.22. The molecule has 3 saturated carbocycles. The fourth-order valence-corrected chi connectivity index (χ4v) is 6.27. The van der Waals surface area contributed by atoms with Crippen LogP contribution in [-0.2, 0) is 10.2 Å². The number of ether oxygens (including phenoxy) is 2. The van der Waals surface area contributed by atoms with Crippen LogP contribution in [0.25, 0.3) is 16.9 Å². The van der Waals surface area contributed by atoms with Crippen LogP contribution in [0.5, 0.6) is 11.9 Å². The molecule has 4 heterocycles. The van der Waals surface area contributed by atoms with Crippen molar-refractivity contribution in [1.29, 1.82) is 0 Å². The number of benzene rings is 1. The molecule has 0 radical (unpaired) electrons. The first-order chi connectivity index (χ1) is 18.9. The Morgan fingerprint density at radius 1 is 1.08 bits per heavy atom. The number of alkyl halides is 1. The van der Waals surface area contributed by atoms with E-state index in [4.69, 9.17) is 14.6 Å². The molecular formula is C29H27FN6O3. The second-order valence-corrected chi connectivity index (χ2v) is 11.3. The Labute approximate surface area is 224 Å². The molecule has 3 fully saturated rings. The summed E-state index contributed by atoms with van der Waals surface area (Å²) in [7, 11) is 3.07. The van der Waals surface area contributed by atoms with Gasteiger partial charge >= 0.3 is 6.01 Å². The highest BCUT2D eigenvalue weighted by atomic mass is 19.1. The molecule has 10 heteroatoms. The highest BCUT2D eigenvalue weighted by Gasteiger charge is 2.61. The van der Waals surface area contributed by atoms with Gasteiger partial charge < -0.3 is 14.4 Å². The molecule has 1 spiro atoms. The average molecular weight is 527 g/mol. The van der Waals surface area contributed by atoms with Crippen molar-refractivity contribution in [3.63, 3.8) is 0 Å². The van der Waals surface area contributed by atoms with Gasteiger partial charge in [-0.1, -0.05) is 12.1 Å². The number of fused-ring (bicyclic) bond motifs is 3. The van der Waals surface area contributed by atoms with Crippen molar-refractivity contribution >= 4 is 17.2 Å². The van der Waals surface area contributed by atoms with E-state index in [1.807, 2.05) is 12.3 Å². The van der Waals surface area contributed by atoms with Gasteiger partial charge in [0.15, 0.2) is 5.65 Å². The van der Waals surface area contributed by atoms with Gasteiger partial charge in [0.1, 0.15) is 5.67 Å². The zero-order valence-corrected chi connectivity index (χ0v) is 21.7. The fourth-order valence-electron chi connectivity index (χ4n) is 6.27. The van der Waals surface area contributed by atoms with E-state index in [1.54, 1.807) is 28.9 Å². The summed E-state index contributed by atoms with van der Waals surface area (Å²) in [5.41, 5.74) is 4.75. The maximum absolute atomic E-state index is 14.8. The maximum atomic E-state index is 14.8. The van der Waals surface area contributed by atoms with Gasteiger partial charge in [0.05, 0.1) is 37.4 Å². The van der Waals surface area contributed by atoms with Crippen LogP contribution in [0.1, 0.15) is 60.6 Å². The van der Waals surface area contributed by atoms with Crippen molar-refractivity contribution in [2.75, 3.05) is 25.7 Å². The van der Waals surface area contributed by atoms with E-state index in [2.05, 4.69) is 33.2 Å². The number of hydrogen-bond acceptors (Lipinski definition) is 7. The predicted octanol–water partition coefficient (Wildman–Crippen LogP) is 4.35. The first-order valence-corrected chi connectivity index (χ1v) is 13.4. The fraction of sp³-hybridized carbons (Fsp3) is 0.414. The lowest BCUT2D eigenvalue weighted by molar-refractivity contribution is -0.120. The molecule has 2 atom stereocenters. The third kappa shape index (κ3) is 3.39. The van der Waals surface area contributed by atoms with Crippen molar-refractivity contribution in [3.8, 4) is 23.1 Å². The molecule has 0 unspecified atom stereocenters. The summed E-state index contributed by atoms with van der Waals surface area (Å²) in [6.45, 7) is 0.173. The third-order valence-corrected chi connectivity index (χ3v) is 8.86. The molecule has 4 aromatic rings. The van der Waals surface area contributed by atoms with Crippen LogP contribution in [-0.4, -0.2) is 56.9 Å². The smallest absolute Gasteiger partial charge is 0.319 e. The van der Waals surface area contributed by atoms with Gasteiger partial charge in [-0.2, -0.15) is 10.1 Å². The van der Waals surface area contributed by atoms with E-state index >= 15 is 0 Å². The van der Waals surface area contributed by atoms with Crippen molar-refractivity contribution in [1.82, 2.24) is 24.6 Å². The largest absolute Gasteiger partial charge is 0.480 e. The number of carbonyl (C=O) groups is 1. The second kappa shape index (κ2) is 7.74. The molecule has 1 aliphatic heterocycles. The number of rotatable bonds is 7. The molecule has 3 aromatic heterocycles. The van der Waals surface area contributed by atoms with Gasteiger partial charge in [0.25, 0.3) is 0 Å². The molecule has 8 rings (SSSR count). The molecule has 1 amide bonds. The van der Waals surface area contributed by atoms with Crippen LogP contribution >= 0.6 is 0 Å². The van der Waals surface area contributed by atoms with Crippen molar-refractivity contribution in [3.05, 3.63) is 59.5 Å². The second-order valence-electron chi connectivity index (χ2n) is 11.3. The lowest BCUT2D eigenvalue weighted by atomic mass is 9.95. The molecule has 3 aliphatic carbocycles. The van der Waals surface area contributed by atoms with Gasteiger partial charge in [-0.05, 0) is 67.2 Å². The first-order valence-electron chi connectivity index (χ1n) is 13.4. The van der Waals surface area contributed by atoms with E-state index < -0.39 is 11.1 Å². The Morgan fingerprint density at radius 3 is 2.67 bits per heavy atom. The Kier molecular flexibility index (Phi) is 4.54. The number of halogens is 1. The summed E-state index contributed by atoms with van der Waals surface area (Å²) >= 11 is 0. The first kappa shape index (κ1) is 22.9. The normalized spacial score (nSPS) is 23.3. The number of nitrogens with zero attached hydrogens (tertiary/aromatic N) is 6. The van der Waals surface area contributed by atoms with Crippen LogP contribution < -0.4 is 14.4 Å². The van der Waals surface area contributed by atoms with Crippen LogP contribution in [0.3, 0.4) is 0 Å². The molecule has 9 nitrogen and oxygen atoms in total. The number of hydrogen-bond donors (Lipinski definition) is 0. The minimum Gasteiger partial charge on any atom is -0.480 e. The lowest BCUT2D eigenvalue weighted by Gasteiger charge is -2.20. The quantitative estimate of drug-likeness (QED) is 0.353. The number of aromatic nitrogens is 5. The van der Waals surface area contributed by atoms with Gasteiger partial charge in [0.2, 0.25) is 11.8 Å². The van der Waals surface area contributed by atoms with Gasteiger partial charge in [-0.3, -0.25) is 4.79 Å². The van der Waals surface area contributed by atoms with E-state index in [9.17, 15) is 9.18 Å². The molecule has 0 saturated heterocycles. The van der Waals surface area contributed by atoms with Crippen LogP contribution in [0.15, 0.2) is 42.9 Å².